The van der Waals surface area contributed by atoms with Crippen molar-refractivity contribution in [3.63, 3.8) is 0 Å². The third-order valence-electron chi connectivity index (χ3n) is 5.91. The number of nitrogens with zero attached hydrogens (tertiary/aromatic N) is 1. The zero-order chi connectivity index (χ0) is 20.7. The van der Waals surface area contributed by atoms with Crippen molar-refractivity contribution in [3.05, 3.63) is 42.0 Å². The highest BCUT2D eigenvalue weighted by atomic mass is 33.1. The number of benzene rings is 1. The first-order chi connectivity index (χ1) is 14.0. The zero-order valence-electron chi connectivity index (χ0n) is 18.1. The predicted octanol–water partition coefficient (Wildman–Crippen LogP) is 5.86. The zero-order valence-corrected chi connectivity index (χ0v) is 19.7. The average molecular weight is 432 g/mol. The Morgan fingerprint density at radius 2 is 2.10 bits per heavy atom. The van der Waals surface area contributed by atoms with E-state index in [4.69, 9.17) is 0 Å². The standard InChI is InChI=1S/C24H34N2OS2/c1-4-10-22-24(2,3)20-12-6-7-13-21(20)26(22)17-9-16-25-23(27)14-8-5-11-19-15-18-28-29-19/h4,6-7,10,12-13,19H,5,8-9,11,14-18H2,1-3H3/p+1. The van der Waals surface area contributed by atoms with E-state index in [1.165, 1.54) is 42.0 Å². The predicted molar refractivity (Wildman–Crippen MR) is 129 cm³/mol. The van der Waals surface area contributed by atoms with Gasteiger partial charge >= 0.3 is 0 Å². The largest absolute Gasteiger partial charge is 0.356 e. The number of carbonyl (C=O) groups excluding carboxylic acids is 1. The number of amides is 1. The van der Waals surface area contributed by atoms with Crippen LogP contribution in [-0.2, 0) is 10.2 Å². The summed E-state index contributed by atoms with van der Waals surface area (Å²) in [5.41, 5.74) is 4.05. The van der Waals surface area contributed by atoms with Crippen molar-refractivity contribution < 1.29 is 9.37 Å². The summed E-state index contributed by atoms with van der Waals surface area (Å²) >= 11 is 0. The van der Waals surface area contributed by atoms with Crippen molar-refractivity contribution in [2.24, 2.45) is 0 Å². The van der Waals surface area contributed by atoms with Crippen LogP contribution in [0.25, 0.3) is 0 Å². The minimum absolute atomic E-state index is 0.0163. The fourth-order valence-electron chi connectivity index (χ4n) is 4.32. The summed E-state index contributed by atoms with van der Waals surface area (Å²) in [4.78, 5) is 12.2. The van der Waals surface area contributed by atoms with Gasteiger partial charge in [-0.15, -0.1) is 0 Å². The van der Waals surface area contributed by atoms with Gasteiger partial charge in [0, 0.05) is 48.1 Å². The van der Waals surface area contributed by atoms with Crippen LogP contribution in [0.3, 0.4) is 0 Å². The molecule has 0 spiro atoms. The van der Waals surface area contributed by atoms with E-state index >= 15 is 0 Å². The first-order valence-electron chi connectivity index (χ1n) is 11.0. The number of rotatable bonds is 10. The lowest BCUT2D eigenvalue weighted by Gasteiger charge is -2.15. The summed E-state index contributed by atoms with van der Waals surface area (Å²) in [6, 6.07) is 8.70. The number of allylic oxidation sites excluding steroid dienone is 2. The molecule has 1 N–H and O–H groups in total. The van der Waals surface area contributed by atoms with Crippen molar-refractivity contribution in [1.29, 1.82) is 0 Å². The first kappa shape index (κ1) is 22.5. The van der Waals surface area contributed by atoms with Crippen molar-refractivity contribution in [1.82, 2.24) is 5.32 Å². The number of para-hydroxylation sites is 1. The van der Waals surface area contributed by atoms with Crippen LogP contribution in [-0.4, -0.2) is 40.3 Å². The molecule has 2 aliphatic rings. The van der Waals surface area contributed by atoms with Gasteiger partial charge in [-0.25, -0.2) is 0 Å². The summed E-state index contributed by atoms with van der Waals surface area (Å²) in [7, 11) is 4.03. The number of carbonyl (C=O) groups is 1. The van der Waals surface area contributed by atoms with E-state index in [1.54, 1.807) is 0 Å². The Morgan fingerprint density at radius 1 is 1.28 bits per heavy atom. The number of nitrogens with one attached hydrogen (secondary N) is 1. The molecule has 1 aromatic carbocycles. The Labute approximate surface area is 184 Å². The molecule has 1 aromatic rings. The average Bonchev–Trinajstić information content (AvgIpc) is 3.30. The summed E-state index contributed by atoms with van der Waals surface area (Å²) in [5.74, 6) is 1.50. The topological polar surface area (TPSA) is 32.1 Å². The fraction of sp³-hybridized carbons (Fsp3) is 0.583. The van der Waals surface area contributed by atoms with E-state index in [0.29, 0.717) is 6.42 Å². The molecule has 1 unspecified atom stereocenters. The van der Waals surface area contributed by atoms with E-state index in [9.17, 15) is 4.79 Å². The van der Waals surface area contributed by atoms with Gasteiger partial charge in [-0.1, -0.05) is 52.3 Å². The molecule has 2 heterocycles. The highest BCUT2D eigenvalue weighted by Crippen LogP contribution is 2.40. The Balaban J connectivity index is 1.44. The third kappa shape index (κ3) is 5.69. The lowest BCUT2D eigenvalue weighted by atomic mass is 9.81. The molecule has 158 valence electrons. The second kappa shape index (κ2) is 10.7. The molecule has 5 heteroatoms. The summed E-state index contributed by atoms with van der Waals surface area (Å²) in [6.45, 7) is 8.35. The van der Waals surface area contributed by atoms with Gasteiger partial charge in [0.15, 0.2) is 12.3 Å². The minimum atomic E-state index is 0.0163. The molecule has 2 aliphatic heterocycles. The van der Waals surface area contributed by atoms with Gasteiger partial charge in [-0.3, -0.25) is 4.79 Å². The van der Waals surface area contributed by atoms with Crippen molar-refractivity contribution in [2.45, 2.75) is 70.0 Å². The van der Waals surface area contributed by atoms with Crippen molar-refractivity contribution >= 4 is 38.9 Å². The van der Waals surface area contributed by atoms with Crippen molar-refractivity contribution in [2.75, 3.05) is 18.8 Å². The summed E-state index contributed by atoms with van der Waals surface area (Å²) in [6.07, 6.45) is 10.8. The van der Waals surface area contributed by atoms with Gasteiger partial charge in [-0.05, 0) is 40.0 Å². The second-order valence-electron chi connectivity index (χ2n) is 8.46. The third-order valence-corrected chi connectivity index (χ3v) is 8.92. The fourth-order valence-corrected chi connectivity index (χ4v) is 7.34. The summed E-state index contributed by atoms with van der Waals surface area (Å²) in [5, 5.41) is 3.94. The molecule has 1 saturated heterocycles. The van der Waals surface area contributed by atoms with Gasteiger partial charge in [0.1, 0.15) is 0 Å². The van der Waals surface area contributed by atoms with Crippen LogP contribution >= 0.6 is 21.6 Å². The van der Waals surface area contributed by atoms with E-state index in [2.05, 4.69) is 67.1 Å². The Hall–Kier alpha value is -1.20. The van der Waals surface area contributed by atoms with Gasteiger partial charge in [0.05, 0.1) is 5.41 Å². The molecule has 1 atom stereocenters. The Bertz CT molecular complexity index is 764. The molecule has 3 nitrogen and oxygen atoms in total. The van der Waals surface area contributed by atoms with Gasteiger partial charge < -0.3 is 5.32 Å². The molecule has 1 amide bonds. The van der Waals surface area contributed by atoms with Crippen LogP contribution in [0, 0.1) is 0 Å². The molecule has 0 saturated carbocycles. The second-order valence-corrected chi connectivity index (χ2v) is 11.2. The highest BCUT2D eigenvalue weighted by Gasteiger charge is 2.43. The molecule has 3 rings (SSSR count). The van der Waals surface area contributed by atoms with Gasteiger partial charge in [0.2, 0.25) is 11.6 Å². The lowest BCUT2D eigenvalue weighted by Crippen LogP contribution is -2.29. The van der Waals surface area contributed by atoms with Gasteiger partial charge in [-0.2, -0.15) is 4.58 Å². The number of unbranched alkanes of at least 4 members (excludes halogenated alkanes) is 1. The van der Waals surface area contributed by atoms with Crippen LogP contribution in [0.15, 0.2) is 36.4 Å². The molecule has 0 aromatic heterocycles. The molecule has 0 bridgehead atoms. The molecule has 0 aliphatic carbocycles. The van der Waals surface area contributed by atoms with E-state index in [0.717, 1.165) is 31.2 Å². The molecular weight excluding hydrogens is 396 g/mol. The smallest absolute Gasteiger partial charge is 0.219 e. The highest BCUT2D eigenvalue weighted by molar-refractivity contribution is 8.77. The lowest BCUT2D eigenvalue weighted by molar-refractivity contribution is -0.437. The van der Waals surface area contributed by atoms with Crippen LogP contribution in [0.5, 0.6) is 0 Å². The summed E-state index contributed by atoms with van der Waals surface area (Å²) < 4.78 is 2.43. The normalized spacial score (nSPS) is 20.4. The van der Waals surface area contributed by atoms with E-state index in [1.807, 2.05) is 21.6 Å². The van der Waals surface area contributed by atoms with E-state index in [-0.39, 0.29) is 11.3 Å². The van der Waals surface area contributed by atoms with Crippen LogP contribution < -0.4 is 5.32 Å². The first-order valence-corrected chi connectivity index (χ1v) is 13.3. The minimum Gasteiger partial charge on any atom is -0.356 e. The quantitative estimate of drug-likeness (QED) is 0.286. The van der Waals surface area contributed by atoms with E-state index < -0.39 is 0 Å². The molecule has 0 radical (unpaired) electrons. The maximum Gasteiger partial charge on any atom is 0.219 e. The monoisotopic (exact) mass is 431 g/mol. The maximum atomic E-state index is 12.2. The number of hydrogen-bond donors (Lipinski definition) is 1. The molecular formula is C24H35N2OS2+. The van der Waals surface area contributed by atoms with Crippen LogP contribution in [0.2, 0.25) is 0 Å². The van der Waals surface area contributed by atoms with Crippen LogP contribution in [0.1, 0.15) is 64.9 Å². The molecule has 1 fully saturated rings. The number of hydrogen-bond acceptors (Lipinski definition) is 3. The SMILES string of the molecule is CC=CC1=[N+](CCCNC(=O)CCCCC2CCSS2)c2ccccc2C1(C)C. The molecule has 29 heavy (non-hydrogen) atoms. The maximum absolute atomic E-state index is 12.2. The van der Waals surface area contributed by atoms with Crippen LogP contribution in [0.4, 0.5) is 5.69 Å². The Kier molecular flexibility index (Phi) is 8.31. The number of fused-ring (bicyclic) bond motifs is 1. The Morgan fingerprint density at radius 3 is 2.86 bits per heavy atom. The van der Waals surface area contributed by atoms with Gasteiger partial charge in [0.25, 0.3) is 0 Å². The van der Waals surface area contributed by atoms with Crippen molar-refractivity contribution in [3.8, 4) is 0 Å².